The topological polar surface area (TPSA) is 21.3 Å². The third-order valence-corrected chi connectivity index (χ3v) is 4.31. The van der Waals surface area contributed by atoms with Crippen LogP contribution in [0.5, 0.6) is 5.75 Å². The summed E-state index contributed by atoms with van der Waals surface area (Å²) in [6.45, 7) is 3.36. The molecule has 3 rings (SSSR count). The summed E-state index contributed by atoms with van der Waals surface area (Å²) >= 11 is 3.37. The minimum absolute atomic E-state index is 0.161. The number of rotatable bonds is 4. The molecule has 0 bridgehead atoms. The minimum atomic E-state index is -0.180. The quantitative estimate of drug-likeness (QED) is 0.884. The summed E-state index contributed by atoms with van der Waals surface area (Å²) in [4.78, 5) is 0. The van der Waals surface area contributed by atoms with Gasteiger partial charge in [0.2, 0.25) is 0 Å². The third kappa shape index (κ3) is 3.27. The van der Waals surface area contributed by atoms with E-state index in [1.54, 1.807) is 6.07 Å². The molecule has 1 N–H and O–H groups in total. The molecule has 110 valence electrons. The van der Waals surface area contributed by atoms with Crippen molar-refractivity contribution in [1.29, 1.82) is 0 Å². The maximum Gasteiger partial charge on any atom is 0.127 e. The van der Waals surface area contributed by atoms with Crippen molar-refractivity contribution < 1.29 is 9.13 Å². The van der Waals surface area contributed by atoms with Gasteiger partial charge in [-0.25, -0.2) is 4.39 Å². The zero-order valence-corrected chi connectivity index (χ0v) is 13.4. The van der Waals surface area contributed by atoms with E-state index in [9.17, 15) is 4.39 Å². The van der Waals surface area contributed by atoms with E-state index < -0.39 is 0 Å². The van der Waals surface area contributed by atoms with Crippen LogP contribution >= 0.6 is 15.9 Å². The van der Waals surface area contributed by atoms with Crippen molar-refractivity contribution in [2.24, 2.45) is 0 Å². The molecule has 2 aromatic carbocycles. The number of fused-ring (bicyclic) bond motifs is 1. The monoisotopic (exact) mass is 349 g/mol. The lowest BCUT2D eigenvalue weighted by Gasteiger charge is -2.15. The zero-order chi connectivity index (χ0) is 14.8. The van der Waals surface area contributed by atoms with Gasteiger partial charge in [0.25, 0.3) is 0 Å². The molecule has 0 amide bonds. The highest BCUT2D eigenvalue weighted by Gasteiger charge is 2.14. The van der Waals surface area contributed by atoms with Crippen molar-refractivity contribution in [1.82, 2.24) is 5.32 Å². The van der Waals surface area contributed by atoms with E-state index in [1.807, 2.05) is 12.1 Å². The smallest absolute Gasteiger partial charge is 0.127 e. The Bertz CT molecular complexity index is 659. The highest BCUT2D eigenvalue weighted by Crippen LogP contribution is 2.28. The summed E-state index contributed by atoms with van der Waals surface area (Å²) in [6, 6.07) is 11.4. The Balaban J connectivity index is 1.69. The molecule has 0 radical (unpaired) electrons. The molecule has 2 nitrogen and oxygen atoms in total. The standard InChI is InChI=1S/C17H17BrFNO/c1-11(12-2-5-17-13(8-12)6-7-21-17)20-10-14-9-15(18)3-4-16(14)19/h2-5,8-9,11,20H,6-7,10H2,1H3. The number of hydrogen-bond acceptors (Lipinski definition) is 2. The minimum Gasteiger partial charge on any atom is -0.493 e. The first-order chi connectivity index (χ1) is 10.1. The van der Waals surface area contributed by atoms with Gasteiger partial charge < -0.3 is 10.1 Å². The Kier molecular flexibility index (Phi) is 4.27. The summed E-state index contributed by atoms with van der Waals surface area (Å²) in [5.41, 5.74) is 3.13. The van der Waals surface area contributed by atoms with Gasteiger partial charge in [0.05, 0.1) is 6.61 Å². The second-order valence-corrected chi connectivity index (χ2v) is 6.22. The summed E-state index contributed by atoms with van der Waals surface area (Å²) < 4.78 is 20.1. The molecule has 0 saturated heterocycles. The molecule has 4 heteroatoms. The van der Waals surface area contributed by atoms with Crippen molar-refractivity contribution in [3.8, 4) is 5.75 Å². The van der Waals surface area contributed by atoms with E-state index in [0.717, 1.165) is 23.2 Å². The highest BCUT2D eigenvalue weighted by atomic mass is 79.9. The lowest BCUT2D eigenvalue weighted by atomic mass is 10.0. The number of hydrogen-bond donors (Lipinski definition) is 1. The second-order valence-electron chi connectivity index (χ2n) is 5.30. The molecule has 1 atom stereocenters. The van der Waals surface area contributed by atoms with E-state index >= 15 is 0 Å². The molecule has 0 aliphatic carbocycles. The Morgan fingerprint density at radius 3 is 3.00 bits per heavy atom. The van der Waals surface area contributed by atoms with Gasteiger partial charge in [-0.3, -0.25) is 0 Å². The fourth-order valence-electron chi connectivity index (χ4n) is 2.54. The Morgan fingerprint density at radius 1 is 1.29 bits per heavy atom. The SMILES string of the molecule is CC(NCc1cc(Br)ccc1F)c1ccc2c(c1)CCO2. The van der Waals surface area contributed by atoms with E-state index in [-0.39, 0.29) is 11.9 Å². The van der Waals surface area contributed by atoms with Crippen molar-refractivity contribution in [2.45, 2.75) is 25.9 Å². The number of benzene rings is 2. The number of ether oxygens (including phenoxy) is 1. The van der Waals surface area contributed by atoms with Gasteiger partial charge in [-0.1, -0.05) is 28.1 Å². The van der Waals surface area contributed by atoms with Gasteiger partial charge in [0.1, 0.15) is 11.6 Å². The predicted octanol–water partition coefficient (Wildman–Crippen LogP) is 4.37. The van der Waals surface area contributed by atoms with Gasteiger partial charge >= 0.3 is 0 Å². The van der Waals surface area contributed by atoms with Crippen LogP contribution in [0.4, 0.5) is 4.39 Å². The highest BCUT2D eigenvalue weighted by molar-refractivity contribution is 9.10. The van der Waals surface area contributed by atoms with Gasteiger partial charge in [-0.15, -0.1) is 0 Å². The fourth-order valence-corrected chi connectivity index (χ4v) is 2.94. The molecule has 1 unspecified atom stereocenters. The normalized spacial score (nSPS) is 14.6. The van der Waals surface area contributed by atoms with E-state index in [4.69, 9.17) is 4.74 Å². The first-order valence-electron chi connectivity index (χ1n) is 7.06. The van der Waals surface area contributed by atoms with Crippen LogP contribution in [-0.2, 0) is 13.0 Å². The van der Waals surface area contributed by atoms with Crippen LogP contribution in [0.2, 0.25) is 0 Å². The van der Waals surface area contributed by atoms with Crippen LogP contribution in [0.3, 0.4) is 0 Å². The molecular weight excluding hydrogens is 333 g/mol. The largest absolute Gasteiger partial charge is 0.493 e. The Labute approximate surface area is 132 Å². The van der Waals surface area contributed by atoms with Gasteiger partial charge in [0, 0.05) is 29.0 Å². The average Bonchev–Trinajstić information content (AvgIpc) is 2.95. The van der Waals surface area contributed by atoms with Crippen molar-refractivity contribution in [3.63, 3.8) is 0 Å². The molecule has 0 saturated carbocycles. The molecule has 1 aliphatic rings. The first-order valence-corrected chi connectivity index (χ1v) is 7.86. The summed E-state index contributed by atoms with van der Waals surface area (Å²) in [5, 5.41) is 3.37. The molecular formula is C17H17BrFNO. The molecule has 1 heterocycles. The van der Waals surface area contributed by atoms with Gasteiger partial charge in [-0.2, -0.15) is 0 Å². The summed E-state index contributed by atoms with van der Waals surface area (Å²) in [5.74, 6) is 0.809. The maximum atomic E-state index is 13.7. The fraction of sp³-hybridized carbons (Fsp3) is 0.294. The van der Waals surface area contributed by atoms with Crippen LogP contribution in [-0.4, -0.2) is 6.61 Å². The molecule has 21 heavy (non-hydrogen) atoms. The van der Waals surface area contributed by atoms with Crippen molar-refractivity contribution >= 4 is 15.9 Å². The van der Waals surface area contributed by atoms with Crippen LogP contribution in [0, 0.1) is 5.82 Å². The lowest BCUT2D eigenvalue weighted by Crippen LogP contribution is -2.18. The third-order valence-electron chi connectivity index (χ3n) is 3.82. The van der Waals surface area contributed by atoms with E-state index in [2.05, 4.69) is 40.3 Å². The second kappa shape index (κ2) is 6.16. The molecule has 0 spiro atoms. The summed E-state index contributed by atoms with van der Waals surface area (Å²) in [6.07, 6.45) is 0.968. The molecule has 0 fully saturated rings. The van der Waals surface area contributed by atoms with Crippen LogP contribution < -0.4 is 10.1 Å². The summed E-state index contributed by atoms with van der Waals surface area (Å²) in [7, 11) is 0. The molecule has 0 aromatic heterocycles. The van der Waals surface area contributed by atoms with Crippen molar-refractivity contribution in [3.05, 3.63) is 63.4 Å². The number of nitrogens with one attached hydrogen (secondary N) is 1. The Morgan fingerprint density at radius 2 is 2.14 bits per heavy atom. The average molecular weight is 350 g/mol. The van der Waals surface area contributed by atoms with Crippen molar-refractivity contribution in [2.75, 3.05) is 6.61 Å². The predicted molar refractivity (Wildman–Crippen MR) is 85.0 cm³/mol. The van der Waals surface area contributed by atoms with Gasteiger partial charge in [-0.05, 0) is 42.3 Å². The first kappa shape index (κ1) is 14.5. The zero-order valence-electron chi connectivity index (χ0n) is 11.8. The van der Waals surface area contributed by atoms with Crippen LogP contribution in [0.25, 0.3) is 0 Å². The maximum absolute atomic E-state index is 13.7. The Hall–Kier alpha value is -1.39. The molecule has 2 aromatic rings. The van der Waals surface area contributed by atoms with Gasteiger partial charge in [0.15, 0.2) is 0 Å². The number of halogens is 2. The van der Waals surface area contributed by atoms with Crippen LogP contribution in [0.15, 0.2) is 40.9 Å². The lowest BCUT2D eigenvalue weighted by molar-refractivity contribution is 0.356. The van der Waals surface area contributed by atoms with E-state index in [1.165, 1.54) is 17.2 Å². The molecule has 1 aliphatic heterocycles. The van der Waals surface area contributed by atoms with Crippen LogP contribution in [0.1, 0.15) is 29.7 Å². The van der Waals surface area contributed by atoms with E-state index in [0.29, 0.717) is 12.1 Å².